The molecule has 1 saturated heterocycles. The summed E-state index contributed by atoms with van der Waals surface area (Å²) in [6, 6.07) is 0. The molecule has 0 aromatic carbocycles. The van der Waals surface area contributed by atoms with Crippen LogP contribution in [0, 0.1) is 5.92 Å². The van der Waals surface area contributed by atoms with Crippen LogP contribution >= 0.6 is 0 Å². The minimum Gasteiger partial charge on any atom is -0.396 e. The second kappa shape index (κ2) is 8.48. The van der Waals surface area contributed by atoms with Crippen molar-refractivity contribution in [2.24, 2.45) is 5.92 Å². The minimum atomic E-state index is 0.258. The van der Waals surface area contributed by atoms with E-state index >= 15 is 0 Å². The largest absolute Gasteiger partial charge is 0.396 e. The standard InChI is InChI=1S/C14H28N2O2/c1-3-5-8-16(4-2)14(18)11-15-9-6-13(12-17)7-10-15/h13,17H,3-12H2,1-2H3. The predicted molar refractivity (Wildman–Crippen MR) is 73.4 cm³/mol. The Morgan fingerprint density at radius 1 is 1.33 bits per heavy atom. The highest BCUT2D eigenvalue weighted by Crippen LogP contribution is 2.16. The third kappa shape index (κ3) is 4.94. The number of aliphatic hydroxyl groups is 1. The maximum atomic E-state index is 12.1. The molecule has 0 aliphatic carbocycles. The van der Waals surface area contributed by atoms with Crippen molar-refractivity contribution >= 4 is 5.91 Å². The molecule has 0 spiro atoms. The number of rotatable bonds is 7. The molecule has 0 aromatic heterocycles. The van der Waals surface area contributed by atoms with Crippen molar-refractivity contribution in [2.75, 3.05) is 39.3 Å². The molecule has 106 valence electrons. The molecular formula is C14H28N2O2. The third-order valence-electron chi connectivity index (χ3n) is 3.84. The number of piperidine rings is 1. The Bertz CT molecular complexity index is 238. The number of nitrogens with zero attached hydrogens (tertiary/aromatic N) is 2. The fourth-order valence-electron chi connectivity index (χ4n) is 2.43. The first kappa shape index (κ1) is 15.4. The van der Waals surface area contributed by atoms with Crippen molar-refractivity contribution in [1.29, 1.82) is 0 Å². The molecule has 1 aliphatic rings. The number of unbranched alkanes of at least 4 members (excludes halogenated alkanes) is 1. The van der Waals surface area contributed by atoms with Crippen LogP contribution in [0.25, 0.3) is 0 Å². The zero-order valence-electron chi connectivity index (χ0n) is 11.9. The monoisotopic (exact) mass is 256 g/mol. The van der Waals surface area contributed by atoms with Gasteiger partial charge in [-0.2, -0.15) is 0 Å². The minimum absolute atomic E-state index is 0.258. The molecule has 1 rings (SSSR count). The summed E-state index contributed by atoms with van der Waals surface area (Å²) >= 11 is 0. The van der Waals surface area contributed by atoms with E-state index in [0.717, 1.165) is 51.9 Å². The molecule has 1 heterocycles. The van der Waals surface area contributed by atoms with Crippen LogP contribution in [-0.2, 0) is 4.79 Å². The van der Waals surface area contributed by atoms with Crippen LogP contribution in [0.1, 0.15) is 39.5 Å². The predicted octanol–water partition coefficient (Wildman–Crippen LogP) is 1.34. The molecule has 4 nitrogen and oxygen atoms in total. The zero-order valence-corrected chi connectivity index (χ0v) is 11.9. The van der Waals surface area contributed by atoms with Crippen LogP contribution in [0.4, 0.5) is 0 Å². The Balaban J connectivity index is 2.30. The smallest absolute Gasteiger partial charge is 0.236 e. The maximum Gasteiger partial charge on any atom is 0.236 e. The van der Waals surface area contributed by atoms with E-state index in [1.165, 1.54) is 0 Å². The van der Waals surface area contributed by atoms with Gasteiger partial charge in [-0.05, 0) is 45.2 Å². The molecule has 1 N–H and O–H groups in total. The van der Waals surface area contributed by atoms with Crippen molar-refractivity contribution in [3.8, 4) is 0 Å². The molecule has 0 radical (unpaired) electrons. The average Bonchev–Trinajstić information content (AvgIpc) is 2.40. The lowest BCUT2D eigenvalue weighted by molar-refractivity contribution is -0.132. The van der Waals surface area contributed by atoms with Crippen LogP contribution in [0.5, 0.6) is 0 Å². The SMILES string of the molecule is CCCCN(CC)C(=O)CN1CCC(CO)CC1. The Morgan fingerprint density at radius 3 is 2.50 bits per heavy atom. The van der Waals surface area contributed by atoms with E-state index < -0.39 is 0 Å². The molecular weight excluding hydrogens is 228 g/mol. The number of aliphatic hydroxyl groups excluding tert-OH is 1. The molecule has 0 atom stereocenters. The summed E-state index contributed by atoms with van der Waals surface area (Å²) in [5.41, 5.74) is 0. The highest BCUT2D eigenvalue weighted by Gasteiger charge is 2.21. The fourth-order valence-corrected chi connectivity index (χ4v) is 2.43. The number of hydrogen-bond donors (Lipinski definition) is 1. The van der Waals surface area contributed by atoms with Crippen molar-refractivity contribution in [3.05, 3.63) is 0 Å². The van der Waals surface area contributed by atoms with Crippen LogP contribution in [0.15, 0.2) is 0 Å². The molecule has 1 aliphatic heterocycles. The zero-order chi connectivity index (χ0) is 13.4. The van der Waals surface area contributed by atoms with Crippen molar-refractivity contribution < 1.29 is 9.90 Å². The third-order valence-corrected chi connectivity index (χ3v) is 3.84. The number of carbonyl (C=O) groups excluding carboxylic acids is 1. The van der Waals surface area contributed by atoms with Crippen LogP contribution in [0.3, 0.4) is 0 Å². The van der Waals surface area contributed by atoms with Gasteiger partial charge in [0.25, 0.3) is 0 Å². The number of carbonyl (C=O) groups is 1. The van der Waals surface area contributed by atoms with Crippen molar-refractivity contribution in [1.82, 2.24) is 9.80 Å². The number of amides is 1. The Hall–Kier alpha value is -0.610. The molecule has 1 amide bonds. The van der Waals surface area contributed by atoms with E-state index in [1.807, 2.05) is 11.8 Å². The Morgan fingerprint density at radius 2 is 2.00 bits per heavy atom. The first-order chi connectivity index (χ1) is 8.71. The normalized spacial score (nSPS) is 17.9. The van der Waals surface area contributed by atoms with Gasteiger partial charge >= 0.3 is 0 Å². The average molecular weight is 256 g/mol. The lowest BCUT2D eigenvalue weighted by atomic mass is 9.98. The highest BCUT2D eigenvalue weighted by molar-refractivity contribution is 5.78. The number of hydrogen-bond acceptors (Lipinski definition) is 3. The summed E-state index contributed by atoms with van der Waals surface area (Å²) in [5.74, 6) is 0.701. The summed E-state index contributed by atoms with van der Waals surface area (Å²) in [4.78, 5) is 16.3. The summed E-state index contributed by atoms with van der Waals surface area (Å²) in [6.45, 7) is 8.63. The number of likely N-dealkylation sites (N-methyl/N-ethyl adjacent to an activating group) is 1. The van der Waals surface area contributed by atoms with E-state index in [1.54, 1.807) is 0 Å². The van der Waals surface area contributed by atoms with Gasteiger partial charge in [0, 0.05) is 19.7 Å². The highest BCUT2D eigenvalue weighted by atomic mass is 16.3. The van der Waals surface area contributed by atoms with E-state index in [4.69, 9.17) is 5.11 Å². The quantitative estimate of drug-likeness (QED) is 0.747. The summed E-state index contributed by atoms with van der Waals surface area (Å²) in [5, 5.41) is 9.09. The van der Waals surface area contributed by atoms with E-state index in [0.29, 0.717) is 19.1 Å². The van der Waals surface area contributed by atoms with Gasteiger partial charge in [-0.15, -0.1) is 0 Å². The van der Waals surface area contributed by atoms with Gasteiger partial charge in [0.15, 0.2) is 0 Å². The Kier molecular flexibility index (Phi) is 7.28. The van der Waals surface area contributed by atoms with Gasteiger partial charge in [0.2, 0.25) is 5.91 Å². The van der Waals surface area contributed by atoms with Gasteiger partial charge in [-0.3, -0.25) is 9.69 Å². The van der Waals surface area contributed by atoms with Gasteiger partial charge in [-0.1, -0.05) is 13.3 Å². The topological polar surface area (TPSA) is 43.8 Å². The second-order valence-corrected chi connectivity index (χ2v) is 5.23. The lowest BCUT2D eigenvalue weighted by Crippen LogP contribution is -2.44. The van der Waals surface area contributed by atoms with Crippen molar-refractivity contribution in [3.63, 3.8) is 0 Å². The van der Waals surface area contributed by atoms with Crippen LogP contribution in [-0.4, -0.2) is 60.1 Å². The maximum absolute atomic E-state index is 12.1. The number of likely N-dealkylation sites (tertiary alicyclic amines) is 1. The Labute approximate surface area is 111 Å². The van der Waals surface area contributed by atoms with Gasteiger partial charge in [0.05, 0.1) is 6.54 Å². The van der Waals surface area contributed by atoms with E-state index in [2.05, 4.69) is 11.8 Å². The summed E-state index contributed by atoms with van der Waals surface area (Å²) in [6.07, 6.45) is 4.26. The summed E-state index contributed by atoms with van der Waals surface area (Å²) < 4.78 is 0. The molecule has 0 unspecified atom stereocenters. The van der Waals surface area contributed by atoms with Gasteiger partial charge in [0.1, 0.15) is 0 Å². The van der Waals surface area contributed by atoms with E-state index in [9.17, 15) is 4.79 Å². The molecule has 0 saturated carbocycles. The second-order valence-electron chi connectivity index (χ2n) is 5.23. The van der Waals surface area contributed by atoms with Gasteiger partial charge in [-0.25, -0.2) is 0 Å². The van der Waals surface area contributed by atoms with Gasteiger partial charge < -0.3 is 10.0 Å². The van der Waals surface area contributed by atoms with Crippen LogP contribution < -0.4 is 0 Å². The first-order valence-corrected chi connectivity index (χ1v) is 7.32. The molecule has 0 bridgehead atoms. The molecule has 4 heteroatoms. The first-order valence-electron chi connectivity index (χ1n) is 7.32. The van der Waals surface area contributed by atoms with Crippen LogP contribution in [0.2, 0.25) is 0 Å². The fraction of sp³-hybridized carbons (Fsp3) is 0.929. The molecule has 18 heavy (non-hydrogen) atoms. The lowest BCUT2D eigenvalue weighted by Gasteiger charge is -2.32. The molecule has 0 aromatic rings. The van der Waals surface area contributed by atoms with Crippen molar-refractivity contribution in [2.45, 2.75) is 39.5 Å². The summed E-state index contributed by atoms with van der Waals surface area (Å²) in [7, 11) is 0. The molecule has 1 fully saturated rings. The van der Waals surface area contributed by atoms with E-state index in [-0.39, 0.29) is 5.91 Å².